The van der Waals surface area contributed by atoms with Gasteiger partial charge in [0, 0.05) is 29.7 Å². The van der Waals surface area contributed by atoms with Gasteiger partial charge in [0.15, 0.2) is 0 Å². The summed E-state index contributed by atoms with van der Waals surface area (Å²) < 4.78 is 16.2. The van der Waals surface area contributed by atoms with Crippen molar-refractivity contribution < 1.29 is 9.18 Å². The molecular weight excluding hydrogens is 411 g/mol. The number of aromatic nitrogens is 2. The molecule has 164 valence electrons. The fourth-order valence-electron chi connectivity index (χ4n) is 5.23. The van der Waals surface area contributed by atoms with Crippen LogP contribution in [-0.2, 0) is 4.79 Å². The molecule has 2 aliphatic rings. The fourth-order valence-corrected chi connectivity index (χ4v) is 6.42. The van der Waals surface area contributed by atoms with Gasteiger partial charge in [-0.15, -0.1) is 11.3 Å². The molecule has 0 bridgehead atoms. The van der Waals surface area contributed by atoms with Crippen LogP contribution in [0.5, 0.6) is 0 Å². The Labute approximate surface area is 186 Å². The minimum atomic E-state index is -0.241. The van der Waals surface area contributed by atoms with E-state index in [2.05, 4.69) is 34.0 Å². The van der Waals surface area contributed by atoms with E-state index in [1.54, 1.807) is 17.4 Å². The maximum atomic E-state index is 14.4. The third kappa shape index (κ3) is 3.77. The van der Waals surface area contributed by atoms with E-state index in [1.165, 1.54) is 25.2 Å². The predicted octanol–water partition coefficient (Wildman–Crippen LogP) is 5.14. The Morgan fingerprint density at radius 1 is 1.16 bits per heavy atom. The van der Waals surface area contributed by atoms with Crippen LogP contribution in [0.3, 0.4) is 0 Å². The Bertz CT molecular complexity index is 1110. The largest absolute Gasteiger partial charge is 0.355 e. The summed E-state index contributed by atoms with van der Waals surface area (Å²) in [5, 5.41) is 3.93. The highest BCUT2D eigenvalue weighted by Crippen LogP contribution is 2.39. The summed E-state index contributed by atoms with van der Waals surface area (Å²) in [5.74, 6) is 2.10. The molecule has 3 aromatic rings. The van der Waals surface area contributed by atoms with Crippen LogP contribution in [-0.4, -0.2) is 35.0 Å². The predicted molar refractivity (Wildman–Crippen MR) is 124 cm³/mol. The number of carbonyl (C=O) groups is 1. The summed E-state index contributed by atoms with van der Waals surface area (Å²) in [6.45, 7) is 6.12. The van der Waals surface area contributed by atoms with Gasteiger partial charge in [0.05, 0.1) is 15.6 Å². The van der Waals surface area contributed by atoms with Crippen molar-refractivity contribution in [1.29, 1.82) is 0 Å². The van der Waals surface area contributed by atoms with E-state index in [9.17, 15) is 9.18 Å². The van der Waals surface area contributed by atoms with E-state index < -0.39 is 0 Å². The number of benzene rings is 1. The van der Waals surface area contributed by atoms with Gasteiger partial charge in [-0.3, -0.25) is 4.79 Å². The summed E-state index contributed by atoms with van der Waals surface area (Å²) in [6.07, 6.45) is 6.72. The highest BCUT2D eigenvalue weighted by molar-refractivity contribution is 7.26. The average molecular weight is 441 g/mol. The molecule has 1 amide bonds. The van der Waals surface area contributed by atoms with Gasteiger partial charge in [0.1, 0.15) is 18.0 Å². The first-order valence-electron chi connectivity index (χ1n) is 11.4. The number of anilines is 1. The molecule has 2 fully saturated rings. The lowest BCUT2D eigenvalue weighted by molar-refractivity contribution is -0.127. The van der Waals surface area contributed by atoms with Crippen LogP contribution in [0.4, 0.5) is 10.2 Å². The number of carbonyl (C=O) groups excluding carboxylic acids is 1. The first-order valence-corrected chi connectivity index (χ1v) is 12.2. The molecule has 5 rings (SSSR count). The number of piperidine rings is 1. The van der Waals surface area contributed by atoms with Gasteiger partial charge in [-0.2, -0.15) is 0 Å². The summed E-state index contributed by atoms with van der Waals surface area (Å²) in [7, 11) is 0. The molecule has 31 heavy (non-hydrogen) atoms. The molecule has 0 unspecified atom stereocenters. The molecule has 3 atom stereocenters. The fraction of sp³-hybridized carbons (Fsp3) is 0.542. The van der Waals surface area contributed by atoms with Crippen molar-refractivity contribution in [2.45, 2.75) is 52.0 Å². The number of rotatable bonds is 3. The van der Waals surface area contributed by atoms with Gasteiger partial charge in [-0.05, 0) is 43.2 Å². The molecule has 1 aliphatic carbocycles. The maximum Gasteiger partial charge on any atom is 0.223 e. The second kappa shape index (κ2) is 8.34. The average Bonchev–Trinajstić information content (AvgIpc) is 3.17. The van der Waals surface area contributed by atoms with E-state index in [-0.39, 0.29) is 17.6 Å². The lowest BCUT2D eigenvalue weighted by Crippen LogP contribution is -2.48. The lowest BCUT2D eigenvalue weighted by Gasteiger charge is -2.37. The molecule has 1 aliphatic heterocycles. The second-order valence-corrected chi connectivity index (χ2v) is 10.3. The number of fused-ring (bicyclic) bond motifs is 3. The van der Waals surface area contributed by atoms with Crippen molar-refractivity contribution in [2.24, 2.45) is 17.8 Å². The number of amides is 1. The quantitative estimate of drug-likeness (QED) is 0.613. The molecule has 2 aromatic heterocycles. The van der Waals surface area contributed by atoms with Gasteiger partial charge >= 0.3 is 0 Å². The molecule has 1 saturated heterocycles. The van der Waals surface area contributed by atoms with E-state index in [1.807, 2.05) is 6.07 Å². The molecule has 1 N–H and O–H groups in total. The van der Waals surface area contributed by atoms with Crippen LogP contribution in [0, 0.1) is 23.6 Å². The van der Waals surface area contributed by atoms with Crippen LogP contribution < -0.4 is 10.2 Å². The second-order valence-electron chi connectivity index (χ2n) is 9.23. The molecule has 0 spiro atoms. The summed E-state index contributed by atoms with van der Waals surface area (Å²) in [4.78, 5) is 24.1. The number of hydrogen-bond acceptors (Lipinski definition) is 5. The minimum Gasteiger partial charge on any atom is -0.355 e. The van der Waals surface area contributed by atoms with Crippen LogP contribution in [0.15, 0.2) is 24.5 Å². The topological polar surface area (TPSA) is 58.1 Å². The third-order valence-corrected chi connectivity index (χ3v) is 8.55. The summed E-state index contributed by atoms with van der Waals surface area (Å²) >= 11 is 1.54. The minimum absolute atomic E-state index is 0.0536. The van der Waals surface area contributed by atoms with Crippen LogP contribution in [0.2, 0.25) is 0 Å². The number of thiophene rings is 1. The van der Waals surface area contributed by atoms with Gasteiger partial charge in [0.25, 0.3) is 0 Å². The SMILES string of the molecule is C[C@@H]1[C@H](C)CCC[C@H]1NC(=O)C1CCN(c2ncnc3c2sc2cccc(F)c23)CC1. The van der Waals surface area contributed by atoms with Crippen molar-refractivity contribution in [2.75, 3.05) is 18.0 Å². The van der Waals surface area contributed by atoms with E-state index >= 15 is 0 Å². The standard InChI is InChI=1S/C24H29FN4OS/c1-14-5-3-7-18(15(14)2)28-24(30)16-9-11-29(12-10-16)23-22-21(26-13-27-23)20-17(25)6-4-8-19(20)31-22/h4,6,8,13-16,18H,3,5,7,9-12H2,1-2H3,(H,28,30)/t14-,15-,18-/m1/s1. The van der Waals surface area contributed by atoms with E-state index in [0.29, 0.717) is 28.8 Å². The number of halogens is 1. The van der Waals surface area contributed by atoms with Crippen LogP contribution in [0.25, 0.3) is 20.3 Å². The van der Waals surface area contributed by atoms with Crippen molar-refractivity contribution in [3.05, 3.63) is 30.3 Å². The molecular formula is C24H29FN4OS. The Hall–Kier alpha value is -2.28. The molecule has 1 saturated carbocycles. The van der Waals surface area contributed by atoms with Crippen molar-refractivity contribution in [3.63, 3.8) is 0 Å². The van der Waals surface area contributed by atoms with Gasteiger partial charge < -0.3 is 10.2 Å². The summed E-state index contributed by atoms with van der Waals surface area (Å²) in [5.41, 5.74) is 0.684. The smallest absolute Gasteiger partial charge is 0.223 e. The van der Waals surface area contributed by atoms with Crippen LogP contribution >= 0.6 is 11.3 Å². The molecule has 3 heterocycles. The maximum absolute atomic E-state index is 14.4. The Morgan fingerprint density at radius 3 is 2.77 bits per heavy atom. The molecule has 5 nitrogen and oxygen atoms in total. The molecule has 1 aromatic carbocycles. The summed E-state index contributed by atoms with van der Waals surface area (Å²) in [6, 6.07) is 5.45. The first-order chi connectivity index (χ1) is 15.0. The van der Waals surface area contributed by atoms with Crippen molar-refractivity contribution in [3.8, 4) is 0 Å². The van der Waals surface area contributed by atoms with Gasteiger partial charge in [-0.25, -0.2) is 14.4 Å². The lowest BCUT2D eigenvalue weighted by atomic mass is 9.78. The van der Waals surface area contributed by atoms with Crippen molar-refractivity contribution in [1.82, 2.24) is 15.3 Å². The zero-order chi connectivity index (χ0) is 21.5. The normalized spacial score (nSPS) is 25.3. The zero-order valence-corrected chi connectivity index (χ0v) is 18.9. The zero-order valence-electron chi connectivity index (χ0n) is 18.1. The molecule has 0 radical (unpaired) electrons. The number of hydrogen-bond donors (Lipinski definition) is 1. The van der Waals surface area contributed by atoms with E-state index in [4.69, 9.17) is 0 Å². The van der Waals surface area contributed by atoms with Gasteiger partial charge in [0.2, 0.25) is 5.91 Å². The number of nitrogens with zero attached hydrogens (tertiary/aromatic N) is 3. The van der Waals surface area contributed by atoms with Crippen molar-refractivity contribution >= 4 is 43.4 Å². The Kier molecular flexibility index (Phi) is 5.54. The number of nitrogens with one attached hydrogen (secondary N) is 1. The first kappa shape index (κ1) is 20.6. The third-order valence-electron chi connectivity index (χ3n) is 7.41. The Balaban J connectivity index is 1.30. The molecule has 7 heteroatoms. The van der Waals surface area contributed by atoms with Gasteiger partial charge in [-0.1, -0.05) is 32.8 Å². The monoisotopic (exact) mass is 440 g/mol. The highest BCUT2D eigenvalue weighted by atomic mass is 32.1. The highest BCUT2D eigenvalue weighted by Gasteiger charge is 2.32. The van der Waals surface area contributed by atoms with E-state index in [0.717, 1.165) is 47.6 Å². The Morgan fingerprint density at radius 2 is 1.97 bits per heavy atom. The van der Waals surface area contributed by atoms with Crippen LogP contribution in [0.1, 0.15) is 46.0 Å².